The molecule has 0 amide bonds. The first-order valence-electron chi connectivity index (χ1n) is 7.99. The zero-order valence-electron chi connectivity index (χ0n) is 13.5. The summed E-state index contributed by atoms with van der Waals surface area (Å²) < 4.78 is 43.2. The van der Waals surface area contributed by atoms with Gasteiger partial charge in [0.15, 0.2) is 0 Å². The van der Waals surface area contributed by atoms with Crippen molar-refractivity contribution in [1.82, 2.24) is 9.97 Å². The summed E-state index contributed by atoms with van der Waals surface area (Å²) >= 11 is 0. The summed E-state index contributed by atoms with van der Waals surface area (Å²) in [6.45, 7) is 6.43. The number of aromatic nitrogens is 2. The van der Waals surface area contributed by atoms with Crippen LogP contribution >= 0.6 is 0 Å². The first-order chi connectivity index (χ1) is 10.5. The van der Waals surface area contributed by atoms with Crippen molar-refractivity contribution in [1.29, 1.82) is 0 Å². The third-order valence-electron chi connectivity index (χ3n) is 3.84. The first kappa shape index (κ1) is 18.7. The van der Waals surface area contributed by atoms with Crippen LogP contribution in [0.5, 0.6) is 5.88 Å². The third-order valence-corrected chi connectivity index (χ3v) is 3.84. The predicted octanol–water partition coefficient (Wildman–Crippen LogP) is 4.81. The van der Waals surface area contributed by atoms with Crippen LogP contribution in [0.15, 0.2) is 12.4 Å². The van der Waals surface area contributed by atoms with Gasteiger partial charge in [0.2, 0.25) is 5.88 Å². The summed E-state index contributed by atoms with van der Waals surface area (Å²) in [4.78, 5) is 8.09. The van der Waals surface area contributed by atoms with Crippen LogP contribution in [-0.2, 0) is 6.42 Å². The van der Waals surface area contributed by atoms with E-state index in [-0.39, 0.29) is 18.8 Å². The summed E-state index contributed by atoms with van der Waals surface area (Å²) in [5.41, 5.74) is 0.899. The molecule has 1 aromatic heterocycles. The molecule has 0 radical (unpaired) electrons. The van der Waals surface area contributed by atoms with E-state index in [0.29, 0.717) is 25.3 Å². The SMILES string of the molecule is CC.CCc1cc(OCC2CCC(C(F)(F)F)CC2)ncn1. The Kier molecular flexibility index (Phi) is 7.62. The van der Waals surface area contributed by atoms with Crippen LogP contribution in [-0.4, -0.2) is 22.8 Å². The maximum absolute atomic E-state index is 12.6. The maximum Gasteiger partial charge on any atom is 0.391 e. The number of nitrogens with zero attached hydrogens (tertiary/aromatic N) is 2. The van der Waals surface area contributed by atoms with E-state index in [9.17, 15) is 13.2 Å². The Hall–Kier alpha value is -1.33. The summed E-state index contributed by atoms with van der Waals surface area (Å²) in [6, 6.07) is 1.78. The molecular weight excluding hydrogens is 293 g/mol. The zero-order valence-corrected chi connectivity index (χ0v) is 13.5. The Morgan fingerprint density at radius 1 is 1.14 bits per heavy atom. The Labute approximate surface area is 130 Å². The van der Waals surface area contributed by atoms with Crippen LogP contribution in [0.3, 0.4) is 0 Å². The van der Waals surface area contributed by atoms with E-state index >= 15 is 0 Å². The van der Waals surface area contributed by atoms with Gasteiger partial charge in [-0.15, -0.1) is 0 Å². The lowest BCUT2D eigenvalue weighted by Crippen LogP contribution is -2.29. The van der Waals surface area contributed by atoms with E-state index in [4.69, 9.17) is 4.74 Å². The molecule has 0 aliphatic heterocycles. The minimum Gasteiger partial charge on any atom is -0.477 e. The molecule has 1 heterocycles. The molecule has 22 heavy (non-hydrogen) atoms. The van der Waals surface area contributed by atoms with Crippen LogP contribution in [0.1, 0.15) is 52.1 Å². The van der Waals surface area contributed by atoms with Gasteiger partial charge in [-0.25, -0.2) is 9.97 Å². The first-order valence-corrected chi connectivity index (χ1v) is 7.99. The van der Waals surface area contributed by atoms with Crippen molar-refractivity contribution >= 4 is 0 Å². The lowest BCUT2D eigenvalue weighted by molar-refractivity contribution is -0.184. The molecule has 0 unspecified atom stereocenters. The lowest BCUT2D eigenvalue weighted by atomic mass is 9.82. The van der Waals surface area contributed by atoms with Crippen molar-refractivity contribution in [2.45, 2.75) is 59.1 Å². The van der Waals surface area contributed by atoms with E-state index in [2.05, 4.69) is 9.97 Å². The van der Waals surface area contributed by atoms with Crippen molar-refractivity contribution in [2.75, 3.05) is 6.61 Å². The topological polar surface area (TPSA) is 35.0 Å². The molecule has 126 valence electrons. The molecular formula is C16H25F3N2O. The quantitative estimate of drug-likeness (QED) is 0.799. The highest BCUT2D eigenvalue weighted by atomic mass is 19.4. The molecule has 0 N–H and O–H groups in total. The lowest BCUT2D eigenvalue weighted by Gasteiger charge is -2.29. The van der Waals surface area contributed by atoms with E-state index in [1.807, 2.05) is 20.8 Å². The minimum atomic E-state index is -4.05. The van der Waals surface area contributed by atoms with Gasteiger partial charge in [0.1, 0.15) is 6.33 Å². The van der Waals surface area contributed by atoms with E-state index in [1.165, 1.54) is 6.33 Å². The average Bonchev–Trinajstić information content (AvgIpc) is 2.54. The van der Waals surface area contributed by atoms with Crippen LogP contribution in [0.25, 0.3) is 0 Å². The molecule has 0 bridgehead atoms. The van der Waals surface area contributed by atoms with Crippen molar-refractivity contribution in [3.63, 3.8) is 0 Å². The highest BCUT2D eigenvalue weighted by molar-refractivity contribution is 5.13. The van der Waals surface area contributed by atoms with Gasteiger partial charge in [-0.3, -0.25) is 0 Å². The highest BCUT2D eigenvalue weighted by Crippen LogP contribution is 2.39. The summed E-state index contributed by atoms with van der Waals surface area (Å²) in [5.74, 6) is -0.437. The molecule has 0 saturated heterocycles. The predicted molar refractivity (Wildman–Crippen MR) is 79.8 cm³/mol. The Morgan fingerprint density at radius 3 is 2.32 bits per heavy atom. The largest absolute Gasteiger partial charge is 0.477 e. The van der Waals surface area contributed by atoms with Gasteiger partial charge in [-0.1, -0.05) is 20.8 Å². The van der Waals surface area contributed by atoms with Gasteiger partial charge in [0.25, 0.3) is 0 Å². The normalized spacial score (nSPS) is 21.7. The Balaban J connectivity index is 0.00000116. The molecule has 2 rings (SSSR count). The molecule has 1 saturated carbocycles. The molecule has 1 aliphatic rings. The number of hydrogen-bond donors (Lipinski definition) is 0. The molecule has 0 aromatic carbocycles. The second-order valence-electron chi connectivity index (χ2n) is 5.27. The van der Waals surface area contributed by atoms with Gasteiger partial charge in [-0.2, -0.15) is 13.2 Å². The molecule has 0 atom stereocenters. The fraction of sp³-hybridized carbons (Fsp3) is 0.750. The summed E-state index contributed by atoms with van der Waals surface area (Å²) in [7, 11) is 0. The third kappa shape index (κ3) is 5.81. The monoisotopic (exact) mass is 318 g/mol. The van der Waals surface area contributed by atoms with Crippen LogP contribution in [0.2, 0.25) is 0 Å². The highest BCUT2D eigenvalue weighted by Gasteiger charge is 2.41. The van der Waals surface area contributed by atoms with Gasteiger partial charge in [-0.05, 0) is 38.0 Å². The molecule has 0 spiro atoms. The number of alkyl halides is 3. The second-order valence-corrected chi connectivity index (χ2v) is 5.27. The van der Waals surface area contributed by atoms with Crippen LogP contribution in [0, 0.1) is 11.8 Å². The van der Waals surface area contributed by atoms with Crippen LogP contribution in [0.4, 0.5) is 13.2 Å². The smallest absolute Gasteiger partial charge is 0.391 e. The standard InChI is InChI=1S/C14H19F3N2O.C2H6/c1-2-12-7-13(19-9-18-12)20-8-10-3-5-11(6-4-10)14(15,16)17;1-2/h7,9-11H,2-6,8H2,1H3;1-2H3. The van der Waals surface area contributed by atoms with Crippen molar-refractivity contribution < 1.29 is 17.9 Å². The number of ether oxygens (including phenoxy) is 1. The molecule has 1 fully saturated rings. The minimum absolute atomic E-state index is 0.189. The molecule has 1 aromatic rings. The van der Waals surface area contributed by atoms with E-state index in [1.54, 1.807) is 6.07 Å². The van der Waals surface area contributed by atoms with Crippen molar-refractivity contribution in [2.24, 2.45) is 11.8 Å². The average molecular weight is 318 g/mol. The van der Waals surface area contributed by atoms with E-state index in [0.717, 1.165) is 12.1 Å². The zero-order chi connectivity index (χ0) is 16.6. The number of aryl methyl sites for hydroxylation is 1. The Bertz CT molecular complexity index is 430. The molecule has 1 aliphatic carbocycles. The fourth-order valence-electron chi connectivity index (χ4n) is 2.51. The molecule has 3 nitrogen and oxygen atoms in total. The van der Waals surface area contributed by atoms with E-state index < -0.39 is 12.1 Å². The Morgan fingerprint density at radius 2 is 1.77 bits per heavy atom. The maximum atomic E-state index is 12.6. The number of hydrogen-bond acceptors (Lipinski definition) is 3. The summed E-state index contributed by atoms with van der Waals surface area (Å²) in [6.07, 6.45) is -0.242. The van der Waals surface area contributed by atoms with Crippen molar-refractivity contribution in [3.05, 3.63) is 18.1 Å². The van der Waals surface area contributed by atoms with Crippen molar-refractivity contribution in [3.8, 4) is 5.88 Å². The summed E-state index contributed by atoms with van der Waals surface area (Å²) in [5, 5.41) is 0. The van der Waals surface area contributed by atoms with Gasteiger partial charge in [0.05, 0.1) is 12.5 Å². The number of halogens is 3. The second kappa shape index (κ2) is 8.96. The van der Waals surface area contributed by atoms with Crippen LogP contribution < -0.4 is 4.74 Å². The van der Waals surface area contributed by atoms with Gasteiger partial charge >= 0.3 is 6.18 Å². The molecule has 6 heteroatoms. The van der Waals surface area contributed by atoms with Gasteiger partial charge in [0, 0.05) is 11.8 Å². The number of rotatable bonds is 4. The fourth-order valence-corrected chi connectivity index (χ4v) is 2.51. The van der Waals surface area contributed by atoms with Gasteiger partial charge < -0.3 is 4.74 Å².